The van der Waals surface area contributed by atoms with Crippen molar-refractivity contribution in [1.82, 2.24) is 10.6 Å². The van der Waals surface area contributed by atoms with Crippen LogP contribution in [0.3, 0.4) is 0 Å². The molecule has 0 saturated carbocycles. The third kappa shape index (κ3) is 7.79. The molecule has 0 aliphatic carbocycles. The first-order valence-electron chi connectivity index (χ1n) is 9.71. The molecule has 0 fully saturated rings. The van der Waals surface area contributed by atoms with Crippen molar-refractivity contribution in [2.45, 2.75) is 38.0 Å². The fourth-order valence-electron chi connectivity index (χ4n) is 2.81. The highest BCUT2D eigenvalue weighted by molar-refractivity contribution is 5.90. The molecule has 0 aromatic heterocycles. The molecule has 0 spiro atoms. The molecule has 0 aliphatic heterocycles. The van der Waals surface area contributed by atoms with Crippen LogP contribution in [0, 0.1) is 0 Å². The van der Waals surface area contributed by atoms with Crippen LogP contribution in [0.5, 0.6) is 0 Å². The van der Waals surface area contributed by atoms with Gasteiger partial charge < -0.3 is 21.1 Å². The van der Waals surface area contributed by atoms with Gasteiger partial charge in [0, 0.05) is 6.42 Å². The van der Waals surface area contributed by atoms with Gasteiger partial charge in [-0.15, -0.1) is 6.58 Å². The first-order chi connectivity index (χ1) is 14.5. The lowest BCUT2D eigenvalue weighted by atomic mass is 10.0. The molecule has 158 valence electrons. The summed E-state index contributed by atoms with van der Waals surface area (Å²) in [5.41, 5.74) is 7.07. The SMILES string of the molecule is C=CCC[C@H](NC(=O)[C@H](Cc1ccccc1)NC(=O)OCc1ccccc1)C(N)=O. The standard InChI is InChI=1S/C23H27N3O4/c1-2-3-14-19(21(24)27)25-22(28)20(15-17-10-6-4-7-11-17)26-23(29)30-16-18-12-8-5-9-13-18/h2,4-13,19-20H,1,3,14-16H2,(H2,24,27)(H,25,28)(H,26,29)/t19-,20-/m0/s1. The Bertz CT molecular complexity index is 840. The molecule has 3 amide bonds. The van der Waals surface area contributed by atoms with E-state index in [1.807, 2.05) is 60.7 Å². The normalized spacial score (nSPS) is 12.3. The Morgan fingerprint density at radius 3 is 2.10 bits per heavy atom. The maximum Gasteiger partial charge on any atom is 0.408 e. The maximum absolute atomic E-state index is 12.8. The predicted octanol–water partition coefficient (Wildman–Crippen LogP) is 2.46. The largest absolute Gasteiger partial charge is 0.445 e. The second kappa shape index (κ2) is 12.1. The zero-order valence-electron chi connectivity index (χ0n) is 16.8. The summed E-state index contributed by atoms with van der Waals surface area (Å²) >= 11 is 0. The minimum atomic E-state index is -0.929. The Morgan fingerprint density at radius 1 is 0.933 bits per heavy atom. The smallest absolute Gasteiger partial charge is 0.408 e. The van der Waals surface area contributed by atoms with E-state index in [1.165, 1.54) is 0 Å². The number of nitrogens with one attached hydrogen (secondary N) is 2. The third-order valence-corrected chi connectivity index (χ3v) is 4.42. The highest BCUT2D eigenvalue weighted by Gasteiger charge is 2.26. The molecule has 2 atom stereocenters. The number of primary amides is 1. The summed E-state index contributed by atoms with van der Waals surface area (Å²) < 4.78 is 5.23. The highest BCUT2D eigenvalue weighted by Crippen LogP contribution is 2.07. The number of hydrogen-bond donors (Lipinski definition) is 3. The Hall–Kier alpha value is -3.61. The average molecular weight is 409 g/mol. The van der Waals surface area contributed by atoms with Crippen LogP contribution in [0.2, 0.25) is 0 Å². The Morgan fingerprint density at radius 2 is 1.53 bits per heavy atom. The van der Waals surface area contributed by atoms with Gasteiger partial charge >= 0.3 is 6.09 Å². The Kier molecular flexibility index (Phi) is 9.12. The molecule has 7 nitrogen and oxygen atoms in total. The molecular formula is C23H27N3O4. The summed E-state index contributed by atoms with van der Waals surface area (Å²) in [5.74, 6) is -1.15. The molecule has 30 heavy (non-hydrogen) atoms. The predicted molar refractivity (Wildman–Crippen MR) is 114 cm³/mol. The number of benzene rings is 2. The summed E-state index contributed by atoms with van der Waals surface area (Å²) in [4.78, 5) is 36.8. The van der Waals surface area contributed by atoms with E-state index < -0.39 is 30.0 Å². The zero-order valence-corrected chi connectivity index (χ0v) is 16.8. The molecule has 2 aromatic rings. The number of carbonyl (C=O) groups excluding carboxylic acids is 3. The Labute approximate surface area is 176 Å². The number of rotatable bonds is 11. The van der Waals surface area contributed by atoms with Gasteiger partial charge in [-0.2, -0.15) is 0 Å². The van der Waals surface area contributed by atoms with Crippen LogP contribution >= 0.6 is 0 Å². The van der Waals surface area contributed by atoms with Crippen LogP contribution in [0.1, 0.15) is 24.0 Å². The van der Waals surface area contributed by atoms with E-state index in [4.69, 9.17) is 10.5 Å². The Balaban J connectivity index is 2.04. The monoisotopic (exact) mass is 409 g/mol. The summed E-state index contributed by atoms with van der Waals surface area (Å²) in [6.45, 7) is 3.69. The van der Waals surface area contributed by atoms with E-state index in [9.17, 15) is 14.4 Å². The van der Waals surface area contributed by atoms with Gasteiger partial charge in [0.15, 0.2) is 0 Å². The lowest BCUT2D eigenvalue weighted by molar-refractivity contribution is -0.128. The first kappa shape index (κ1) is 22.7. The lowest BCUT2D eigenvalue weighted by Crippen LogP contribution is -2.53. The van der Waals surface area contributed by atoms with Crippen LogP contribution in [0.25, 0.3) is 0 Å². The van der Waals surface area contributed by atoms with E-state index in [1.54, 1.807) is 6.08 Å². The summed E-state index contributed by atoms with van der Waals surface area (Å²) in [6.07, 6.45) is 2.00. The van der Waals surface area contributed by atoms with Crippen molar-refractivity contribution in [3.63, 3.8) is 0 Å². The molecule has 2 aromatic carbocycles. The van der Waals surface area contributed by atoms with Crippen LogP contribution in [-0.4, -0.2) is 30.0 Å². The van der Waals surface area contributed by atoms with Gasteiger partial charge in [0.05, 0.1) is 0 Å². The van der Waals surface area contributed by atoms with Crippen molar-refractivity contribution in [3.8, 4) is 0 Å². The van der Waals surface area contributed by atoms with E-state index in [0.717, 1.165) is 11.1 Å². The molecule has 2 rings (SSSR count). The maximum atomic E-state index is 12.8. The molecular weight excluding hydrogens is 382 g/mol. The molecule has 0 saturated heterocycles. The highest BCUT2D eigenvalue weighted by atomic mass is 16.5. The minimum Gasteiger partial charge on any atom is -0.445 e. The second-order valence-corrected chi connectivity index (χ2v) is 6.78. The van der Waals surface area contributed by atoms with Gasteiger partial charge in [-0.3, -0.25) is 9.59 Å². The van der Waals surface area contributed by atoms with Crippen molar-refractivity contribution in [3.05, 3.63) is 84.4 Å². The van der Waals surface area contributed by atoms with Gasteiger partial charge in [-0.25, -0.2) is 4.79 Å². The second-order valence-electron chi connectivity index (χ2n) is 6.78. The molecule has 0 unspecified atom stereocenters. The quantitative estimate of drug-likeness (QED) is 0.495. The zero-order chi connectivity index (χ0) is 21.8. The fraction of sp³-hybridized carbons (Fsp3) is 0.261. The number of ether oxygens (including phenoxy) is 1. The van der Waals surface area contributed by atoms with E-state index in [0.29, 0.717) is 12.8 Å². The van der Waals surface area contributed by atoms with Gasteiger partial charge in [0.2, 0.25) is 11.8 Å². The van der Waals surface area contributed by atoms with Crippen LogP contribution in [-0.2, 0) is 27.4 Å². The van der Waals surface area contributed by atoms with Crippen LogP contribution in [0.15, 0.2) is 73.3 Å². The van der Waals surface area contributed by atoms with Gasteiger partial charge in [0.1, 0.15) is 18.7 Å². The van der Waals surface area contributed by atoms with Crippen LogP contribution in [0.4, 0.5) is 4.79 Å². The van der Waals surface area contributed by atoms with E-state index in [-0.39, 0.29) is 13.0 Å². The number of carbonyl (C=O) groups is 3. The van der Waals surface area contributed by atoms with Gasteiger partial charge in [-0.1, -0.05) is 66.7 Å². The topological polar surface area (TPSA) is 111 Å². The van der Waals surface area contributed by atoms with Crippen molar-refractivity contribution >= 4 is 17.9 Å². The molecule has 4 N–H and O–H groups in total. The number of amides is 3. The van der Waals surface area contributed by atoms with Crippen molar-refractivity contribution < 1.29 is 19.1 Å². The first-order valence-corrected chi connectivity index (χ1v) is 9.71. The fourth-order valence-corrected chi connectivity index (χ4v) is 2.81. The minimum absolute atomic E-state index is 0.0790. The summed E-state index contributed by atoms with van der Waals surface area (Å²) in [7, 11) is 0. The lowest BCUT2D eigenvalue weighted by Gasteiger charge is -2.22. The van der Waals surface area contributed by atoms with Crippen LogP contribution < -0.4 is 16.4 Å². The number of alkyl carbamates (subject to hydrolysis) is 1. The number of allylic oxidation sites excluding steroid dienone is 1. The van der Waals surface area contributed by atoms with Crippen molar-refractivity contribution in [2.75, 3.05) is 0 Å². The van der Waals surface area contributed by atoms with Crippen molar-refractivity contribution in [1.29, 1.82) is 0 Å². The van der Waals surface area contributed by atoms with Gasteiger partial charge in [-0.05, 0) is 24.0 Å². The van der Waals surface area contributed by atoms with E-state index >= 15 is 0 Å². The molecule has 0 bridgehead atoms. The molecule has 0 radical (unpaired) electrons. The molecule has 0 heterocycles. The third-order valence-electron chi connectivity index (χ3n) is 4.42. The van der Waals surface area contributed by atoms with Gasteiger partial charge in [0.25, 0.3) is 0 Å². The summed E-state index contributed by atoms with van der Waals surface area (Å²) in [5, 5.41) is 5.21. The van der Waals surface area contributed by atoms with Crippen molar-refractivity contribution in [2.24, 2.45) is 5.73 Å². The van der Waals surface area contributed by atoms with E-state index in [2.05, 4.69) is 17.2 Å². The number of hydrogen-bond acceptors (Lipinski definition) is 4. The number of nitrogens with two attached hydrogens (primary N) is 1. The summed E-state index contributed by atoms with van der Waals surface area (Å²) in [6, 6.07) is 16.7. The molecule has 7 heteroatoms. The average Bonchev–Trinajstić information content (AvgIpc) is 2.76. The molecule has 0 aliphatic rings.